The molecule has 158 valence electrons. The number of thiazole rings is 1. The van der Waals surface area contributed by atoms with Crippen LogP contribution in [0.2, 0.25) is 5.02 Å². The number of anilines is 1. The second kappa shape index (κ2) is 8.87. The predicted molar refractivity (Wildman–Crippen MR) is 120 cm³/mol. The standard InChI is InChI=1S/C22H17ClFN3O3S/c1-2-30-14-7-8-18-19(10-14)31-22(25-18)26-21(29)13-6-9-20(28)27(11-13)12-15-16(23)4-3-5-17(15)24/h3-11H,2,12H2,1H3,(H,25,26,29). The molecular formula is C22H17ClFN3O3S. The lowest BCUT2D eigenvalue weighted by Crippen LogP contribution is -2.23. The molecule has 0 aliphatic heterocycles. The van der Waals surface area contributed by atoms with E-state index >= 15 is 0 Å². The van der Waals surface area contributed by atoms with Gasteiger partial charge in [-0.1, -0.05) is 29.0 Å². The molecule has 2 aromatic heterocycles. The minimum atomic E-state index is -0.518. The van der Waals surface area contributed by atoms with Crippen molar-refractivity contribution in [1.82, 2.24) is 9.55 Å². The number of amides is 1. The molecule has 0 radical (unpaired) electrons. The van der Waals surface area contributed by atoms with Crippen molar-refractivity contribution in [3.8, 4) is 5.75 Å². The van der Waals surface area contributed by atoms with Crippen molar-refractivity contribution in [2.45, 2.75) is 13.5 Å². The minimum absolute atomic E-state index is 0.0905. The molecule has 1 N–H and O–H groups in total. The molecule has 31 heavy (non-hydrogen) atoms. The van der Waals surface area contributed by atoms with Crippen molar-refractivity contribution in [3.63, 3.8) is 0 Å². The second-order valence-electron chi connectivity index (χ2n) is 6.62. The lowest BCUT2D eigenvalue weighted by molar-refractivity contribution is 0.102. The summed E-state index contributed by atoms with van der Waals surface area (Å²) >= 11 is 7.38. The van der Waals surface area contributed by atoms with E-state index in [-0.39, 0.29) is 28.3 Å². The molecule has 0 atom stereocenters. The second-order valence-corrected chi connectivity index (χ2v) is 8.06. The summed E-state index contributed by atoms with van der Waals surface area (Å²) in [5.74, 6) is -0.219. The van der Waals surface area contributed by atoms with E-state index in [0.29, 0.717) is 11.7 Å². The van der Waals surface area contributed by atoms with Crippen LogP contribution in [0, 0.1) is 5.82 Å². The number of pyridine rings is 1. The molecule has 2 heterocycles. The first-order valence-electron chi connectivity index (χ1n) is 9.42. The van der Waals surface area contributed by atoms with E-state index in [1.165, 1.54) is 46.4 Å². The first-order valence-corrected chi connectivity index (χ1v) is 10.6. The van der Waals surface area contributed by atoms with Gasteiger partial charge in [0.2, 0.25) is 0 Å². The lowest BCUT2D eigenvalue weighted by atomic mass is 10.2. The maximum absolute atomic E-state index is 14.1. The quantitative estimate of drug-likeness (QED) is 0.444. The Kier molecular flexibility index (Phi) is 6.01. The van der Waals surface area contributed by atoms with Crippen molar-refractivity contribution in [2.24, 2.45) is 0 Å². The molecule has 0 aliphatic carbocycles. The number of rotatable bonds is 6. The largest absolute Gasteiger partial charge is 0.494 e. The Morgan fingerprint density at radius 2 is 2.10 bits per heavy atom. The monoisotopic (exact) mass is 457 g/mol. The summed E-state index contributed by atoms with van der Waals surface area (Å²) in [6.07, 6.45) is 1.38. The third-order valence-corrected chi connectivity index (χ3v) is 5.81. The van der Waals surface area contributed by atoms with E-state index in [1.807, 2.05) is 25.1 Å². The molecule has 0 bridgehead atoms. The Morgan fingerprint density at radius 3 is 2.87 bits per heavy atom. The van der Waals surface area contributed by atoms with Gasteiger partial charge >= 0.3 is 0 Å². The zero-order chi connectivity index (χ0) is 22.0. The third-order valence-electron chi connectivity index (χ3n) is 4.53. The molecule has 0 fully saturated rings. The first kappa shape index (κ1) is 21.0. The van der Waals surface area contributed by atoms with Gasteiger partial charge in [0.1, 0.15) is 11.6 Å². The van der Waals surface area contributed by atoms with Gasteiger partial charge in [0.05, 0.1) is 28.9 Å². The van der Waals surface area contributed by atoms with Crippen molar-refractivity contribution in [1.29, 1.82) is 0 Å². The molecule has 1 amide bonds. The molecule has 0 saturated carbocycles. The van der Waals surface area contributed by atoms with Crippen LogP contribution in [0.1, 0.15) is 22.8 Å². The molecule has 2 aromatic carbocycles. The van der Waals surface area contributed by atoms with Crippen molar-refractivity contribution < 1.29 is 13.9 Å². The van der Waals surface area contributed by atoms with E-state index in [9.17, 15) is 14.0 Å². The van der Waals surface area contributed by atoms with Crippen LogP contribution in [0.3, 0.4) is 0 Å². The zero-order valence-corrected chi connectivity index (χ0v) is 18.0. The number of benzene rings is 2. The summed E-state index contributed by atoms with van der Waals surface area (Å²) in [5, 5.41) is 3.38. The van der Waals surface area contributed by atoms with E-state index in [2.05, 4.69) is 10.3 Å². The maximum atomic E-state index is 14.1. The Balaban J connectivity index is 1.57. The maximum Gasteiger partial charge on any atom is 0.258 e. The number of hydrogen-bond acceptors (Lipinski definition) is 5. The Morgan fingerprint density at radius 1 is 1.26 bits per heavy atom. The van der Waals surface area contributed by atoms with Crippen molar-refractivity contribution in [2.75, 3.05) is 11.9 Å². The molecule has 0 aliphatic rings. The molecule has 0 spiro atoms. The number of carbonyl (C=O) groups is 1. The lowest BCUT2D eigenvalue weighted by Gasteiger charge is -2.10. The summed E-state index contributed by atoms with van der Waals surface area (Å²) in [7, 11) is 0. The van der Waals surface area contributed by atoms with Gasteiger partial charge < -0.3 is 9.30 Å². The van der Waals surface area contributed by atoms with Crippen LogP contribution in [0.4, 0.5) is 9.52 Å². The number of carbonyl (C=O) groups excluding carboxylic acids is 1. The Hall–Kier alpha value is -3.23. The third kappa shape index (κ3) is 4.60. The number of halogens is 2. The number of aromatic nitrogens is 2. The molecule has 4 rings (SSSR count). The van der Waals surface area contributed by atoms with Gasteiger partial charge in [-0.2, -0.15) is 0 Å². The summed E-state index contributed by atoms with van der Waals surface area (Å²) in [4.78, 5) is 29.4. The van der Waals surface area contributed by atoms with Gasteiger partial charge in [-0.05, 0) is 43.3 Å². The van der Waals surface area contributed by atoms with E-state index in [0.717, 1.165) is 16.0 Å². The van der Waals surface area contributed by atoms with Gasteiger partial charge in [-0.3, -0.25) is 14.9 Å². The van der Waals surface area contributed by atoms with Crippen LogP contribution in [0.15, 0.2) is 59.5 Å². The molecule has 9 heteroatoms. The van der Waals surface area contributed by atoms with Gasteiger partial charge in [-0.25, -0.2) is 9.37 Å². The average molecular weight is 458 g/mol. The van der Waals surface area contributed by atoms with E-state index in [4.69, 9.17) is 16.3 Å². The van der Waals surface area contributed by atoms with Gasteiger partial charge in [0, 0.05) is 22.8 Å². The smallest absolute Gasteiger partial charge is 0.258 e. The van der Waals surface area contributed by atoms with Crippen LogP contribution < -0.4 is 15.6 Å². The highest BCUT2D eigenvalue weighted by molar-refractivity contribution is 7.22. The van der Waals surface area contributed by atoms with Crippen LogP contribution in [-0.2, 0) is 6.54 Å². The first-order chi connectivity index (χ1) is 14.9. The van der Waals surface area contributed by atoms with Crippen LogP contribution in [-0.4, -0.2) is 22.1 Å². The Labute approximate surface area is 185 Å². The van der Waals surface area contributed by atoms with Crippen LogP contribution in [0.5, 0.6) is 5.75 Å². The normalized spacial score (nSPS) is 10.9. The summed E-state index contributed by atoms with van der Waals surface area (Å²) < 4.78 is 21.7. The highest BCUT2D eigenvalue weighted by atomic mass is 35.5. The number of ether oxygens (including phenoxy) is 1. The number of nitrogens with one attached hydrogen (secondary N) is 1. The van der Waals surface area contributed by atoms with Gasteiger partial charge in [0.15, 0.2) is 5.13 Å². The van der Waals surface area contributed by atoms with Gasteiger partial charge in [-0.15, -0.1) is 0 Å². The minimum Gasteiger partial charge on any atom is -0.494 e. The highest BCUT2D eigenvalue weighted by Crippen LogP contribution is 2.29. The van der Waals surface area contributed by atoms with E-state index < -0.39 is 11.7 Å². The SMILES string of the molecule is CCOc1ccc2nc(NC(=O)c3ccc(=O)n(Cc4c(F)cccc4Cl)c3)sc2c1. The van der Waals surface area contributed by atoms with Crippen LogP contribution in [0.25, 0.3) is 10.2 Å². The predicted octanol–water partition coefficient (Wildman–Crippen LogP) is 4.95. The van der Waals surface area contributed by atoms with E-state index in [1.54, 1.807) is 6.07 Å². The van der Waals surface area contributed by atoms with Crippen LogP contribution >= 0.6 is 22.9 Å². The van der Waals surface area contributed by atoms with Gasteiger partial charge in [0.25, 0.3) is 11.5 Å². The number of nitrogens with zero attached hydrogens (tertiary/aromatic N) is 2. The van der Waals surface area contributed by atoms with Crippen molar-refractivity contribution in [3.05, 3.63) is 87.0 Å². The number of hydrogen-bond donors (Lipinski definition) is 1. The fraction of sp³-hybridized carbons (Fsp3) is 0.136. The molecular weight excluding hydrogens is 441 g/mol. The molecule has 0 saturated heterocycles. The summed E-state index contributed by atoms with van der Waals surface area (Å²) in [5.41, 5.74) is 0.781. The highest BCUT2D eigenvalue weighted by Gasteiger charge is 2.14. The molecule has 4 aromatic rings. The fourth-order valence-electron chi connectivity index (χ4n) is 3.03. The fourth-order valence-corrected chi connectivity index (χ4v) is 4.14. The number of fused-ring (bicyclic) bond motifs is 1. The molecule has 0 unspecified atom stereocenters. The topological polar surface area (TPSA) is 73.2 Å². The summed E-state index contributed by atoms with van der Waals surface area (Å²) in [6.45, 7) is 2.37. The average Bonchev–Trinajstić information content (AvgIpc) is 3.13. The van der Waals surface area contributed by atoms with Crippen molar-refractivity contribution >= 4 is 44.2 Å². The Bertz CT molecular complexity index is 1320. The molecule has 6 nitrogen and oxygen atoms in total. The summed E-state index contributed by atoms with van der Waals surface area (Å²) in [6, 6.07) is 12.5. The zero-order valence-electron chi connectivity index (χ0n) is 16.4.